The van der Waals surface area contributed by atoms with E-state index in [1.54, 1.807) is 36.4 Å². The molecule has 3 saturated heterocycles. The highest BCUT2D eigenvalue weighted by Gasteiger charge is 2.64. The van der Waals surface area contributed by atoms with Gasteiger partial charge in [0.2, 0.25) is 11.8 Å². The van der Waals surface area contributed by atoms with Gasteiger partial charge in [0.05, 0.1) is 21.7 Å². The predicted molar refractivity (Wildman–Crippen MR) is 218 cm³/mol. The zero-order valence-corrected chi connectivity index (χ0v) is 34.4. The van der Waals surface area contributed by atoms with E-state index in [1.807, 2.05) is 24.3 Å². The number of nitriles is 1. The minimum atomic E-state index is -1.00. The Morgan fingerprint density at radius 3 is 2.15 bits per heavy atom. The van der Waals surface area contributed by atoms with Gasteiger partial charge in [-0.2, -0.15) is 5.26 Å². The number of nitrogens with one attached hydrogen (secondary N) is 2. The van der Waals surface area contributed by atoms with Gasteiger partial charge in [0.25, 0.3) is 17.7 Å². The van der Waals surface area contributed by atoms with Crippen molar-refractivity contribution in [1.29, 1.82) is 5.26 Å². The van der Waals surface area contributed by atoms with Crippen LogP contribution < -0.4 is 25.0 Å². The van der Waals surface area contributed by atoms with E-state index in [0.29, 0.717) is 27.6 Å². The van der Waals surface area contributed by atoms with Crippen LogP contribution in [0.15, 0.2) is 60.7 Å². The first kappa shape index (κ1) is 40.3. The second kappa shape index (κ2) is 15.6. The van der Waals surface area contributed by atoms with Crippen LogP contribution in [-0.2, 0) is 9.59 Å². The zero-order valence-electron chi connectivity index (χ0n) is 33.6. The highest BCUT2D eigenvalue weighted by atomic mass is 35.5. The van der Waals surface area contributed by atoms with Gasteiger partial charge in [-0.1, -0.05) is 39.3 Å². The summed E-state index contributed by atoms with van der Waals surface area (Å²) < 4.78 is 12.5. The number of halogens is 1. The molecule has 1 aliphatic carbocycles. The zero-order chi connectivity index (χ0) is 41.8. The minimum Gasteiger partial charge on any atom is -0.489 e. The fraction of sp³-hybridized carbons (Fsp3) is 0.455. The molecule has 3 aromatic rings. The number of carbonyl (C=O) groups excluding carboxylic acids is 5. The number of hydrogen-bond donors (Lipinski definition) is 2. The first-order valence-electron chi connectivity index (χ1n) is 20.1. The average molecular weight is 822 g/mol. The van der Waals surface area contributed by atoms with Gasteiger partial charge in [-0.25, -0.2) is 0 Å². The van der Waals surface area contributed by atoms with E-state index in [2.05, 4.69) is 59.1 Å². The van der Waals surface area contributed by atoms with E-state index >= 15 is 0 Å². The molecular formula is C44H48ClN7O7. The smallest absolute Gasteiger partial charge is 0.262 e. The molecule has 14 nitrogen and oxygen atoms in total. The van der Waals surface area contributed by atoms with Crippen molar-refractivity contribution in [3.05, 3.63) is 87.9 Å². The van der Waals surface area contributed by atoms with Crippen LogP contribution in [0.3, 0.4) is 0 Å². The summed E-state index contributed by atoms with van der Waals surface area (Å²) in [6.07, 6.45) is -0.0343. The van der Waals surface area contributed by atoms with E-state index < -0.39 is 29.7 Å². The van der Waals surface area contributed by atoms with Crippen LogP contribution in [0.1, 0.15) is 77.2 Å². The number of benzene rings is 3. The van der Waals surface area contributed by atoms with Crippen LogP contribution >= 0.6 is 11.6 Å². The molecule has 59 heavy (non-hydrogen) atoms. The van der Waals surface area contributed by atoms with Crippen LogP contribution in [-0.4, -0.2) is 121 Å². The van der Waals surface area contributed by atoms with E-state index in [0.717, 1.165) is 62.9 Å². The van der Waals surface area contributed by atoms with Crippen LogP contribution in [0.5, 0.6) is 11.5 Å². The minimum absolute atomic E-state index is 0.0360. The molecule has 308 valence electrons. The number of fused-ring (bicyclic) bond motifs is 1. The molecule has 0 bridgehead atoms. The molecule has 1 atom stereocenters. The van der Waals surface area contributed by atoms with Gasteiger partial charge in [-0.05, 0) is 61.0 Å². The molecule has 4 fully saturated rings. The van der Waals surface area contributed by atoms with Crippen molar-refractivity contribution < 1.29 is 33.4 Å². The second-order valence-corrected chi connectivity index (χ2v) is 17.7. The van der Waals surface area contributed by atoms with Crippen molar-refractivity contribution in [3.63, 3.8) is 0 Å². The Kier molecular flexibility index (Phi) is 10.7. The summed E-state index contributed by atoms with van der Waals surface area (Å²) in [5.74, 6) is -1.15. The summed E-state index contributed by atoms with van der Waals surface area (Å²) in [5.41, 5.74) is 1.82. The lowest BCUT2D eigenvalue weighted by Gasteiger charge is -2.63. The third-order valence-electron chi connectivity index (χ3n) is 12.7. The molecule has 2 N–H and O–H groups in total. The normalized spacial score (nSPS) is 24.1. The maximum atomic E-state index is 13.5. The lowest BCUT2D eigenvalue weighted by Crippen LogP contribution is -2.74. The number of likely N-dealkylation sites (tertiary alicyclic amines) is 1. The third-order valence-corrected chi connectivity index (χ3v) is 13.0. The Balaban J connectivity index is 0.756. The fourth-order valence-corrected chi connectivity index (χ4v) is 9.85. The van der Waals surface area contributed by atoms with Crippen LogP contribution in [0, 0.1) is 22.2 Å². The SMILES string of the molecule is CC1(C)C(NC(=O)c2ccc(N3CCN(CCN4CC(Oc5ccc6c(c5)C(=O)N(C5CCC(=O)NC5=O)C6=O)C4)CC3)cc2)C(C)(C)C1Oc1ccc(C#N)c(Cl)c1. The molecule has 15 heteroatoms. The average Bonchev–Trinajstić information content (AvgIpc) is 3.44. The Hall–Kier alpha value is -5.49. The van der Waals surface area contributed by atoms with Crippen molar-refractivity contribution >= 4 is 46.8 Å². The van der Waals surface area contributed by atoms with Crippen molar-refractivity contribution in [2.24, 2.45) is 10.8 Å². The predicted octanol–water partition coefficient (Wildman–Crippen LogP) is 4.11. The molecular weight excluding hydrogens is 774 g/mol. The lowest BCUT2D eigenvalue weighted by molar-refractivity contribution is -0.164. The molecule has 4 heterocycles. The quantitative estimate of drug-likeness (QED) is 0.268. The fourth-order valence-electron chi connectivity index (χ4n) is 9.64. The Morgan fingerprint density at radius 2 is 1.49 bits per heavy atom. The number of rotatable bonds is 11. The monoisotopic (exact) mass is 821 g/mol. The Morgan fingerprint density at radius 1 is 0.847 bits per heavy atom. The summed E-state index contributed by atoms with van der Waals surface area (Å²) in [7, 11) is 0. The number of piperidine rings is 1. The number of ether oxygens (including phenoxy) is 2. The van der Waals surface area contributed by atoms with E-state index in [1.165, 1.54) is 0 Å². The Bertz CT molecular complexity index is 2230. The lowest BCUT2D eigenvalue weighted by atomic mass is 9.49. The van der Waals surface area contributed by atoms with Crippen molar-refractivity contribution in [2.75, 3.05) is 57.3 Å². The summed E-state index contributed by atoms with van der Waals surface area (Å²) in [6.45, 7) is 15.3. The number of piperazine rings is 1. The Labute approximate surface area is 348 Å². The maximum absolute atomic E-state index is 13.5. The summed E-state index contributed by atoms with van der Waals surface area (Å²) in [4.78, 5) is 71.7. The first-order chi connectivity index (χ1) is 28.1. The second-order valence-electron chi connectivity index (χ2n) is 17.3. The van der Waals surface area contributed by atoms with Crippen molar-refractivity contribution in [1.82, 2.24) is 25.3 Å². The summed E-state index contributed by atoms with van der Waals surface area (Å²) in [5, 5.41) is 15.0. The molecule has 4 aliphatic heterocycles. The number of nitrogens with zero attached hydrogens (tertiary/aromatic N) is 5. The molecule has 1 unspecified atom stereocenters. The van der Waals surface area contributed by atoms with E-state index in [-0.39, 0.29) is 59.0 Å². The molecule has 0 spiro atoms. The van der Waals surface area contributed by atoms with Gasteiger partial charge in [-0.3, -0.25) is 44.0 Å². The summed E-state index contributed by atoms with van der Waals surface area (Å²) in [6, 6.07) is 18.7. The number of carbonyl (C=O) groups is 5. The molecule has 8 rings (SSSR count). The molecule has 1 saturated carbocycles. The maximum Gasteiger partial charge on any atom is 0.262 e. The first-order valence-corrected chi connectivity index (χ1v) is 20.5. The van der Waals surface area contributed by atoms with Gasteiger partial charge in [0.15, 0.2) is 0 Å². The number of amides is 5. The third kappa shape index (κ3) is 7.63. The van der Waals surface area contributed by atoms with Gasteiger partial charge in [-0.15, -0.1) is 0 Å². The molecule has 3 aromatic carbocycles. The van der Waals surface area contributed by atoms with E-state index in [9.17, 15) is 29.2 Å². The molecule has 0 aromatic heterocycles. The standard InChI is InChI=1S/C44H48ClN7O7/c1-43(2)41(44(3,4)42(43)59-30-10-7-27(23-46)34(45)22-30)48-37(54)26-5-8-28(9-6-26)51-19-17-49(18-20-51)15-16-50-24-31(25-50)58-29-11-12-32-33(21-29)40(57)52(39(32)56)35-13-14-36(53)47-38(35)55/h5-12,21-22,31,35,41-42H,13-20,24-25H2,1-4H3,(H,48,54)(H,47,53,55). The topological polar surface area (TPSA) is 165 Å². The summed E-state index contributed by atoms with van der Waals surface area (Å²) >= 11 is 6.24. The van der Waals surface area contributed by atoms with Gasteiger partial charge in [0, 0.05) is 93.0 Å². The van der Waals surface area contributed by atoms with Crippen LogP contribution in [0.4, 0.5) is 5.69 Å². The van der Waals surface area contributed by atoms with Gasteiger partial charge < -0.3 is 19.7 Å². The van der Waals surface area contributed by atoms with Gasteiger partial charge >= 0.3 is 0 Å². The van der Waals surface area contributed by atoms with Crippen molar-refractivity contribution in [2.45, 2.75) is 64.8 Å². The number of anilines is 1. The number of imide groups is 2. The van der Waals surface area contributed by atoms with E-state index in [4.69, 9.17) is 21.1 Å². The van der Waals surface area contributed by atoms with Gasteiger partial charge in [0.1, 0.15) is 35.8 Å². The van der Waals surface area contributed by atoms with Crippen LogP contribution in [0.2, 0.25) is 5.02 Å². The highest BCUT2D eigenvalue weighted by Crippen LogP contribution is 2.55. The molecule has 5 amide bonds. The number of hydrogen-bond acceptors (Lipinski definition) is 11. The molecule has 5 aliphatic rings. The van der Waals surface area contributed by atoms with Crippen molar-refractivity contribution in [3.8, 4) is 17.6 Å². The largest absolute Gasteiger partial charge is 0.489 e. The van der Waals surface area contributed by atoms with Crippen LogP contribution in [0.25, 0.3) is 0 Å². The molecule has 0 radical (unpaired) electrons. The highest BCUT2D eigenvalue weighted by molar-refractivity contribution is 6.31.